The second-order valence-corrected chi connectivity index (χ2v) is 5.20. The van der Waals surface area contributed by atoms with Gasteiger partial charge >= 0.3 is 0 Å². The van der Waals surface area contributed by atoms with Gasteiger partial charge in [-0.25, -0.2) is 0 Å². The van der Waals surface area contributed by atoms with Gasteiger partial charge in [0.2, 0.25) is 0 Å². The summed E-state index contributed by atoms with van der Waals surface area (Å²) in [4.78, 5) is 11.9. The average Bonchev–Trinajstić information content (AvgIpc) is 2.84. The van der Waals surface area contributed by atoms with E-state index in [9.17, 15) is 4.79 Å². The molecule has 0 aliphatic heterocycles. The zero-order valence-corrected chi connectivity index (χ0v) is 12.8. The van der Waals surface area contributed by atoms with E-state index in [1.54, 1.807) is 19.1 Å². The van der Waals surface area contributed by atoms with Crippen LogP contribution in [0.2, 0.25) is 0 Å². The Kier molecular flexibility index (Phi) is 4.79. The molecule has 0 spiro atoms. The predicted molar refractivity (Wildman–Crippen MR) is 77.3 cm³/mol. The summed E-state index contributed by atoms with van der Waals surface area (Å²) in [6.45, 7) is 3.82. The molecule has 0 fully saturated rings. The van der Waals surface area contributed by atoms with Gasteiger partial charge in [0, 0.05) is 6.07 Å². The molecule has 20 heavy (non-hydrogen) atoms. The molecule has 0 radical (unpaired) electrons. The second kappa shape index (κ2) is 6.56. The van der Waals surface area contributed by atoms with E-state index in [-0.39, 0.29) is 5.91 Å². The molecule has 0 unspecified atom stereocenters. The van der Waals surface area contributed by atoms with Gasteiger partial charge < -0.3 is 14.6 Å². The minimum atomic E-state index is -0.599. The van der Waals surface area contributed by atoms with Crippen LogP contribution in [0.5, 0.6) is 5.75 Å². The predicted octanol–water partition coefficient (Wildman–Crippen LogP) is 2.83. The summed E-state index contributed by atoms with van der Waals surface area (Å²) < 4.78 is 11.4. The summed E-state index contributed by atoms with van der Waals surface area (Å²) in [6.07, 6.45) is -0.599. The van der Waals surface area contributed by atoms with E-state index < -0.39 is 6.10 Å². The summed E-state index contributed by atoms with van der Waals surface area (Å²) in [5, 5.41) is 6.49. The fraction of sp³-hybridized carbons (Fsp3) is 0.286. The molecule has 2 aromatic rings. The van der Waals surface area contributed by atoms with Gasteiger partial charge in [0.05, 0.1) is 16.7 Å². The molecule has 1 atom stereocenters. The highest BCUT2D eigenvalue weighted by atomic mass is 79.9. The van der Waals surface area contributed by atoms with Crippen LogP contribution in [0.4, 0.5) is 0 Å². The van der Waals surface area contributed by atoms with Gasteiger partial charge in [0.25, 0.3) is 5.91 Å². The second-order valence-electron chi connectivity index (χ2n) is 4.34. The number of aromatic nitrogens is 1. The highest BCUT2D eigenvalue weighted by Gasteiger charge is 2.16. The Bertz CT molecular complexity index is 598. The molecule has 0 saturated carbocycles. The summed E-state index contributed by atoms with van der Waals surface area (Å²) in [7, 11) is 0. The standard InChI is InChI=1S/C14H15BrN2O3/c1-9-7-11(20-17-9)8-16-14(18)10(2)19-13-6-4-3-5-12(13)15/h3-7,10H,8H2,1-2H3,(H,16,18)/t10-/m0/s1. The van der Waals surface area contributed by atoms with E-state index in [2.05, 4.69) is 26.4 Å². The molecule has 0 aliphatic carbocycles. The van der Waals surface area contributed by atoms with Crippen molar-refractivity contribution in [2.45, 2.75) is 26.5 Å². The fourth-order valence-electron chi connectivity index (χ4n) is 1.60. The molecular formula is C14H15BrN2O3. The van der Waals surface area contributed by atoms with Crippen LogP contribution in [0.3, 0.4) is 0 Å². The van der Waals surface area contributed by atoms with Crippen LogP contribution >= 0.6 is 15.9 Å². The molecule has 2 rings (SSSR count). The lowest BCUT2D eigenvalue weighted by Crippen LogP contribution is -2.35. The number of halogens is 1. The van der Waals surface area contributed by atoms with Crippen LogP contribution in [0.15, 0.2) is 39.3 Å². The molecule has 0 saturated heterocycles. The summed E-state index contributed by atoms with van der Waals surface area (Å²) in [5.74, 6) is 1.03. The van der Waals surface area contributed by atoms with Crippen LogP contribution in [0.1, 0.15) is 18.4 Å². The van der Waals surface area contributed by atoms with Crippen molar-refractivity contribution in [3.63, 3.8) is 0 Å². The van der Waals surface area contributed by atoms with Crippen molar-refractivity contribution >= 4 is 21.8 Å². The molecule has 1 N–H and O–H groups in total. The molecule has 5 nitrogen and oxygen atoms in total. The van der Waals surface area contributed by atoms with Crippen molar-refractivity contribution in [1.82, 2.24) is 10.5 Å². The Hall–Kier alpha value is -1.82. The Morgan fingerprint density at radius 1 is 1.50 bits per heavy atom. The minimum absolute atomic E-state index is 0.213. The van der Waals surface area contributed by atoms with Crippen molar-refractivity contribution in [2.75, 3.05) is 0 Å². The van der Waals surface area contributed by atoms with Crippen molar-refractivity contribution in [3.05, 3.63) is 46.3 Å². The number of nitrogens with zero attached hydrogens (tertiary/aromatic N) is 1. The lowest BCUT2D eigenvalue weighted by Gasteiger charge is -2.15. The number of ether oxygens (including phenoxy) is 1. The number of para-hydroxylation sites is 1. The third kappa shape index (κ3) is 3.84. The van der Waals surface area contributed by atoms with Gasteiger partial charge in [0.1, 0.15) is 5.75 Å². The lowest BCUT2D eigenvalue weighted by atomic mass is 10.3. The largest absolute Gasteiger partial charge is 0.480 e. The summed E-state index contributed by atoms with van der Waals surface area (Å²) in [6, 6.07) is 9.17. The highest BCUT2D eigenvalue weighted by molar-refractivity contribution is 9.10. The van der Waals surface area contributed by atoms with Crippen LogP contribution in [0, 0.1) is 6.92 Å². The molecule has 0 bridgehead atoms. The Morgan fingerprint density at radius 2 is 2.25 bits per heavy atom. The number of aryl methyl sites for hydroxylation is 1. The van der Waals surface area contributed by atoms with Crippen LogP contribution in [-0.4, -0.2) is 17.2 Å². The number of hydrogen-bond acceptors (Lipinski definition) is 4. The number of hydrogen-bond donors (Lipinski definition) is 1. The number of rotatable bonds is 5. The topological polar surface area (TPSA) is 64.4 Å². The molecule has 1 amide bonds. The maximum Gasteiger partial charge on any atom is 0.261 e. The van der Waals surface area contributed by atoms with Crippen LogP contribution < -0.4 is 10.1 Å². The zero-order chi connectivity index (χ0) is 14.5. The number of amides is 1. The van der Waals surface area contributed by atoms with Gasteiger partial charge in [-0.3, -0.25) is 4.79 Å². The SMILES string of the molecule is Cc1cc(CNC(=O)[C@H](C)Oc2ccccc2Br)on1. The first kappa shape index (κ1) is 14.6. The third-order valence-electron chi connectivity index (χ3n) is 2.62. The number of carbonyl (C=O) groups excluding carboxylic acids is 1. The number of carbonyl (C=O) groups is 1. The van der Waals surface area contributed by atoms with Gasteiger partial charge in [-0.1, -0.05) is 17.3 Å². The Balaban J connectivity index is 1.87. The Labute approximate surface area is 125 Å². The molecule has 1 aromatic heterocycles. The van der Waals surface area contributed by atoms with E-state index >= 15 is 0 Å². The van der Waals surface area contributed by atoms with Crippen LogP contribution in [0.25, 0.3) is 0 Å². The maximum atomic E-state index is 11.9. The number of benzene rings is 1. The van der Waals surface area contributed by atoms with E-state index in [1.165, 1.54) is 0 Å². The Morgan fingerprint density at radius 3 is 2.90 bits per heavy atom. The molecular weight excluding hydrogens is 324 g/mol. The van der Waals surface area contributed by atoms with E-state index in [0.29, 0.717) is 18.1 Å². The van der Waals surface area contributed by atoms with Crippen molar-refractivity contribution in [1.29, 1.82) is 0 Å². The van der Waals surface area contributed by atoms with E-state index in [4.69, 9.17) is 9.26 Å². The molecule has 0 aliphatic rings. The normalized spacial score (nSPS) is 11.9. The first-order valence-electron chi connectivity index (χ1n) is 6.17. The quantitative estimate of drug-likeness (QED) is 0.910. The molecule has 1 heterocycles. The first-order valence-corrected chi connectivity index (χ1v) is 6.96. The van der Waals surface area contributed by atoms with Crippen LogP contribution in [-0.2, 0) is 11.3 Å². The van der Waals surface area contributed by atoms with Gasteiger partial charge in [0.15, 0.2) is 11.9 Å². The molecule has 1 aromatic carbocycles. The molecule has 106 valence electrons. The van der Waals surface area contributed by atoms with Crippen molar-refractivity contribution < 1.29 is 14.1 Å². The minimum Gasteiger partial charge on any atom is -0.480 e. The monoisotopic (exact) mass is 338 g/mol. The van der Waals surface area contributed by atoms with Gasteiger partial charge in [-0.05, 0) is 41.9 Å². The lowest BCUT2D eigenvalue weighted by molar-refractivity contribution is -0.127. The summed E-state index contributed by atoms with van der Waals surface area (Å²) in [5.41, 5.74) is 0.784. The molecule has 6 heteroatoms. The van der Waals surface area contributed by atoms with E-state index in [0.717, 1.165) is 10.2 Å². The fourth-order valence-corrected chi connectivity index (χ4v) is 1.98. The highest BCUT2D eigenvalue weighted by Crippen LogP contribution is 2.24. The number of nitrogens with one attached hydrogen (secondary N) is 1. The van der Waals surface area contributed by atoms with Gasteiger partial charge in [-0.2, -0.15) is 0 Å². The van der Waals surface area contributed by atoms with Gasteiger partial charge in [-0.15, -0.1) is 0 Å². The first-order chi connectivity index (χ1) is 9.56. The van der Waals surface area contributed by atoms with Crippen molar-refractivity contribution in [3.8, 4) is 5.75 Å². The average molecular weight is 339 g/mol. The summed E-state index contributed by atoms with van der Waals surface area (Å²) >= 11 is 3.37. The maximum absolute atomic E-state index is 11.9. The zero-order valence-electron chi connectivity index (χ0n) is 11.2. The van der Waals surface area contributed by atoms with Crippen molar-refractivity contribution in [2.24, 2.45) is 0 Å². The smallest absolute Gasteiger partial charge is 0.261 e. The van der Waals surface area contributed by atoms with E-state index in [1.807, 2.05) is 25.1 Å². The third-order valence-corrected chi connectivity index (χ3v) is 3.28.